The van der Waals surface area contributed by atoms with E-state index in [1.54, 1.807) is 0 Å². The largest absolute Gasteiger partial charge is 0.394 e. The smallest absolute Gasteiger partial charge is 0.217 e. The molecule has 10 N–H and O–H groups in total. The molecule has 36 heavy (non-hydrogen) atoms. The number of amides is 1. The maximum atomic E-state index is 11.7. The summed E-state index contributed by atoms with van der Waals surface area (Å²) in [4.78, 5) is 11.7. The molecular weight excluding hydrogens is 494 g/mol. The summed E-state index contributed by atoms with van der Waals surface area (Å²) < 4.78 is 27.4. The minimum absolute atomic E-state index is 0.639. The molecule has 0 aliphatic carbocycles. The Bertz CT molecular complexity index is 731. The minimum atomic E-state index is -1.89. The maximum Gasteiger partial charge on any atom is 0.217 e. The molecule has 3 aliphatic rings. The van der Waals surface area contributed by atoms with E-state index in [-0.39, 0.29) is 0 Å². The number of carbonyl (C=O) groups excluding carboxylic acids is 1. The van der Waals surface area contributed by atoms with Crippen LogP contribution in [0.4, 0.5) is 0 Å². The van der Waals surface area contributed by atoms with Crippen LogP contribution in [0.3, 0.4) is 0 Å². The summed E-state index contributed by atoms with van der Waals surface area (Å²) in [6, 6.07) is -1.41. The van der Waals surface area contributed by atoms with E-state index in [1.807, 2.05) is 0 Å². The molecule has 3 heterocycles. The molecule has 0 aromatic carbocycles. The van der Waals surface area contributed by atoms with E-state index in [2.05, 4.69) is 5.32 Å². The van der Waals surface area contributed by atoms with Crippen LogP contribution < -0.4 is 5.32 Å². The van der Waals surface area contributed by atoms with Crippen LogP contribution in [0.5, 0.6) is 0 Å². The monoisotopic (exact) mass is 529 g/mol. The topological polar surface area (TPSA) is 257 Å². The summed E-state index contributed by atoms with van der Waals surface area (Å²) in [5, 5.41) is 93.7. The van der Waals surface area contributed by atoms with Gasteiger partial charge in [0, 0.05) is 6.92 Å². The van der Waals surface area contributed by atoms with Crippen LogP contribution in [-0.4, -0.2) is 157 Å². The Morgan fingerprint density at radius 3 is 1.89 bits per heavy atom. The molecule has 0 bridgehead atoms. The minimum Gasteiger partial charge on any atom is -0.394 e. The second-order valence-electron chi connectivity index (χ2n) is 9.05. The first-order valence-corrected chi connectivity index (χ1v) is 11.4. The van der Waals surface area contributed by atoms with Gasteiger partial charge in [-0.25, -0.2) is 0 Å². The number of aliphatic hydroxyl groups excluding tert-OH is 9. The highest BCUT2D eigenvalue weighted by Crippen LogP contribution is 2.32. The molecule has 15 unspecified atom stereocenters. The van der Waals surface area contributed by atoms with Gasteiger partial charge in [-0.2, -0.15) is 0 Å². The fourth-order valence-electron chi connectivity index (χ4n) is 4.38. The number of hydrogen-bond donors (Lipinski definition) is 10. The molecule has 0 saturated carbocycles. The molecule has 0 aromatic heterocycles. The zero-order valence-corrected chi connectivity index (χ0v) is 19.5. The number of aliphatic hydroxyl groups is 9. The van der Waals surface area contributed by atoms with Crippen LogP contribution in [0.1, 0.15) is 13.8 Å². The first-order chi connectivity index (χ1) is 16.9. The number of nitrogens with one attached hydrogen (secondary N) is 1. The predicted molar refractivity (Wildman–Crippen MR) is 111 cm³/mol. The van der Waals surface area contributed by atoms with Crippen molar-refractivity contribution in [3.63, 3.8) is 0 Å². The molecule has 16 heteroatoms. The zero-order valence-electron chi connectivity index (χ0n) is 19.5. The van der Waals surface area contributed by atoms with Gasteiger partial charge < -0.3 is 75.0 Å². The van der Waals surface area contributed by atoms with E-state index in [1.165, 1.54) is 6.92 Å². The number of hydrogen-bond acceptors (Lipinski definition) is 15. The molecule has 0 spiro atoms. The lowest BCUT2D eigenvalue weighted by atomic mass is 9.95. The van der Waals surface area contributed by atoms with Gasteiger partial charge in [0.2, 0.25) is 5.91 Å². The van der Waals surface area contributed by atoms with Crippen molar-refractivity contribution in [3.05, 3.63) is 0 Å². The van der Waals surface area contributed by atoms with Crippen molar-refractivity contribution in [2.45, 2.75) is 106 Å². The molecule has 1 amide bonds. The Balaban J connectivity index is 1.88. The quantitative estimate of drug-likeness (QED) is 0.147. The molecule has 3 aliphatic heterocycles. The molecule has 15 atom stereocenters. The second-order valence-corrected chi connectivity index (χ2v) is 9.05. The van der Waals surface area contributed by atoms with Crippen LogP contribution in [0.25, 0.3) is 0 Å². The van der Waals surface area contributed by atoms with Gasteiger partial charge in [0.15, 0.2) is 18.9 Å². The van der Waals surface area contributed by atoms with Gasteiger partial charge in [-0.3, -0.25) is 4.79 Å². The van der Waals surface area contributed by atoms with Gasteiger partial charge >= 0.3 is 0 Å². The Hall–Kier alpha value is -1.09. The van der Waals surface area contributed by atoms with Crippen LogP contribution in [0.2, 0.25) is 0 Å². The predicted octanol–water partition coefficient (Wildman–Crippen LogP) is -6.40. The Kier molecular flexibility index (Phi) is 9.97. The van der Waals surface area contributed by atoms with E-state index in [0.717, 1.165) is 6.92 Å². The van der Waals surface area contributed by atoms with Crippen LogP contribution in [0.15, 0.2) is 0 Å². The molecule has 16 nitrogen and oxygen atoms in total. The summed E-state index contributed by atoms with van der Waals surface area (Å²) >= 11 is 0. The van der Waals surface area contributed by atoms with Gasteiger partial charge in [-0.1, -0.05) is 0 Å². The maximum absolute atomic E-state index is 11.7. The van der Waals surface area contributed by atoms with E-state index < -0.39 is 111 Å². The van der Waals surface area contributed by atoms with Gasteiger partial charge in [-0.15, -0.1) is 0 Å². The Labute approximate surface area is 205 Å². The third-order valence-corrected chi connectivity index (χ3v) is 6.46. The Morgan fingerprint density at radius 2 is 1.31 bits per heavy atom. The van der Waals surface area contributed by atoms with Crippen molar-refractivity contribution in [3.8, 4) is 0 Å². The van der Waals surface area contributed by atoms with Crippen molar-refractivity contribution in [1.29, 1.82) is 0 Å². The van der Waals surface area contributed by atoms with Crippen LogP contribution >= 0.6 is 0 Å². The van der Waals surface area contributed by atoms with Crippen molar-refractivity contribution < 1.29 is 74.4 Å². The third-order valence-electron chi connectivity index (χ3n) is 6.46. The zero-order chi connectivity index (χ0) is 26.9. The molecule has 0 aromatic rings. The first-order valence-electron chi connectivity index (χ1n) is 11.4. The lowest BCUT2D eigenvalue weighted by Gasteiger charge is -2.48. The average molecular weight is 529 g/mol. The summed E-state index contributed by atoms with van der Waals surface area (Å²) in [7, 11) is 0. The van der Waals surface area contributed by atoms with Crippen molar-refractivity contribution in [2.24, 2.45) is 0 Å². The van der Waals surface area contributed by atoms with Crippen LogP contribution in [0, 0.1) is 0 Å². The average Bonchev–Trinajstić information content (AvgIpc) is 2.84. The lowest BCUT2D eigenvalue weighted by molar-refractivity contribution is -0.380. The first kappa shape index (κ1) is 29.5. The summed E-state index contributed by atoms with van der Waals surface area (Å²) in [6.45, 7) is 1.00. The van der Waals surface area contributed by atoms with E-state index in [9.17, 15) is 50.8 Å². The highest BCUT2D eigenvalue weighted by Gasteiger charge is 2.53. The van der Waals surface area contributed by atoms with Crippen LogP contribution in [-0.2, 0) is 28.5 Å². The van der Waals surface area contributed by atoms with Crippen molar-refractivity contribution in [2.75, 3.05) is 13.2 Å². The normalized spacial score (nSPS) is 50.0. The van der Waals surface area contributed by atoms with Crippen molar-refractivity contribution >= 4 is 5.91 Å². The summed E-state index contributed by atoms with van der Waals surface area (Å²) in [5.41, 5.74) is 0. The summed E-state index contributed by atoms with van der Waals surface area (Å²) in [5.74, 6) is -0.639. The van der Waals surface area contributed by atoms with Gasteiger partial charge in [0.1, 0.15) is 67.1 Å². The molecule has 210 valence electrons. The molecular formula is C20H35NO15. The number of ether oxygens (including phenoxy) is 5. The lowest BCUT2D eigenvalue weighted by Crippen LogP contribution is -2.68. The second kappa shape index (κ2) is 12.2. The van der Waals surface area contributed by atoms with Gasteiger partial charge in [-0.05, 0) is 6.92 Å². The highest BCUT2D eigenvalue weighted by molar-refractivity contribution is 5.73. The van der Waals surface area contributed by atoms with Gasteiger partial charge in [0.05, 0.1) is 19.3 Å². The molecule has 3 fully saturated rings. The third kappa shape index (κ3) is 5.97. The fraction of sp³-hybridized carbons (Fsp3) is 0.950. The number of rotatable bonds is 7. The van der Waals surface area contributed by atoms with E-state index in [4.69, 9.17) is 23.7 Å². The number of carbonyl (C=O) groups is 1. The Morgan fingerprint density at radius 1 is 0.722 bits per heavy atom. The van der Waals surface area contributed by atoms with Crippen molar-refractivity contribution in [1.82, 2.24) is 5.32 Å². The molecule has 0 radical (unpaired) electrons. The standard InChI is InChI=1S/C20H35NO15/c1-5-10(25)14(29)15(30)20(32-5)36-17-16(12(27)8(4-23)33-18(17)31)35-19-9(21-6(2)24)13(28)11(26)7(3-22)34-19/h5,7-20,22-23,25-31H,3-4H2,1-2H3,(H,21,24). The summed E-state index contributed by atoms with van der Waals surface area (Å²) in [6.07, 6.45) is -22.1. The van der Waals surface area contributed by atoms with E-state index in [0.29, 0.717) is 0 Å². The molecule has 3 rings (SSSR count). The fourth-order valence-corrected chi connectivity index (χ4v) is 4.38. The van der Waals surface area contributed by atoms with Gasteiger partial charge in [0.25, 0.3) is 0 Å². The molecule has 3 saturated heterocycles. The van der Waals surface area contributed by atoms with E-state index >= 15 is 0 Å². The SMILES string of the molecule is CC(=O)NC1C(OC2C(O)C(CO)OC(O)C2OC2OC(C)C(O)C(O)C2O)OC(CO)C(O)C1O. The highest BCUT2D eigenvalue weighted by atomic mass is 16.8.